The lowest BCUT2D eigenvalue weighted by Gasteiger charge is -2.28. The average Bonchev–Trinajstić information content (AvgIpc) is 2.35. The van der Waals surface area contributed by atoms with Gasteiger partial charge in [0.15, 0.2) is 0 Å². The molecule has 2 nitrogen and oxygen atoms in total. The summed E-state index contributed by atoms with van der Waals surface area (Å²) < 4.78 is 13.6. The Hall–Kier alpha value is -0.930. The minimum Gasteiger partial charge on any atom is -0.324 e. The molecule has 0 aliphatic carbocycles. The number of nitrogens with zero attached hydrogens (tertiary/aromatic N) is 1. The third-order valence-corrected chi connectivity index (χ3v) is 3.76. The highest BCUT2D eigenvalue weighted by atomic mass is 19.1. The SMILES string of the molecule is CC(C)C(C)N(C)CCC(N)c1ccccc1F. The van der Waals surface area contributed by atoms with E-state index >= 15 is 0 Å². The van der Waals surface area contributed by atoms with E-state index in [-0.39, 0.29) is 11.9 Å². The first-order valence-corrected chi connectivity index (χ1v) is 6.63. The number of rotatable bonds is 6. The molecule has 0 radical (unpaired) electrons. The van der Waals surface area contributed by atoms with E-state index in [2.05, 4.69) is 32.7 Å². The molecule has 0 spiro atoms. The van der Waals surface area contributed by atoms with Gasteiger partial charge in [-0.1, -0.05) is 32.0 Å². The normalized spacial score (nSPS) is 15.1. The molecule has 2 unspecified atom stereocenters. The Bertz CT molecular complexity index is 365. The molecule has 0 saturated carbocycles. The van der Waals surface area contributed by atoms with Crippen LogP contribution in [0.1, 0.15) is 38.8 Å². The Balaban J connectivity index is 2.51. The standard InChI is InChI=1S/C15H25FN2/c1-11(2)12(3)18(4)10-9-15(17)13-7-5-6-8-14(13)16/h5-8,11-12,15H,9-10,17H2,1-4H3. The van der Waals surface area contributed by atoms with Crippen LogP contribution < -0.4 is 5.73 Å². The summed E-state index contributed by atoms with van der Waals surface area (Å²) in [5, 5.41) is 0. The second-order valence-corrected chi connectivity index (χ2v) is 5.38. The molecule has 0 amide bonds. The molecule has 102 valence electrons. The van der Waals surface area contributed by atoms with Crippen LogP contribution in [0.3, 0.4) is 0 Å². The summed E-state index contributed by atoms with van der Waals surface area (Å²) in [6, 6.07) is 7.05. The van der Waals surface area contributed by atoms with Gasteiger partial charge >= 0.3 is 0 Å². The van der Waals surface area contributed by atoms with Crippen molar-refractivity contribution in [1.29, 1.82) is 0 Å². The Labute approximate surface area is 110 Å². The van der Waals surface area contributed by atoms with E-state index in [9.17, 15) is 4.39 Å². The highest BCUT2D eigenvalue weighted by Crippen LogP contribution is 2.18. The molecule has 2 N–H and O–H groups in total. The van der Waals surface area contributed by atoms with Gasteiger partial charge in [0.2, 0.25) is 0 Å². The molecule has 0 aliphatic rings. The summed E-state index contributed by atoms with van der Waals surface area (Å²) in [5.41, 5.74) is 6.67. The molecule has 0 bridgehead atoms. The maximum absolute atomic E-state index is 13.6. The van der Waals surface area contributed by atoms with Crippen molar-refractivity contribution in [3.63, 3.8) is 0 Å². The second kappa shape index (κ2) is 6.86. The molecule has 1 rings (SSSR count). The number of halogens is 1. The maximum Gasteiger partial charge on any atom is 0.127 e. The summed E-state index contributed by atoms with van der Waals surface area (Å²) in [6.45, 7) is 7.50. The quantitative estimate of drug-likeness (QED) is 0.842. The molecular formula is C15H25FN2. The van der Waals surface area contributed by atoms with Crippen LogP contribution in [-0.2, 0) is 0 Å². The van der Waals surface area contributed by atoms with Crippen molar-refractivity contribution in [2.24, 2.45) is 11.7 Å². The first kappa shape index (κ1) is 15.1. The lowest BCUT2D eigenvalue weighted by Crippen LogP contribution is -2.35. The fourth-order valence-corrected chi connectivity index (χ4v) is 1.99. The maximum atomic E-state index is 13.6. The predicted octanol–water partition coefficient (Wildman–Crippen LogP) is 3.19. The monoisotopic (exact) mass is 252 g/mol. The lowest BCUT2D eigenvalue weighted by atomic mass is 10.0. The van der Waals surface area contributed by atoms with Crippen LogP contribution in [0.4, 0.5) is 4.39 Å². The van der Waals surface area contributed by atoms with E-state index in [4.69, 9.17) is 5.73 Å². The fraction of sp³-hybridized carbons (Fsp3) is 0.600. The topological polar surface area (TPSA) is 29.3 Å². The fourth-order valence-electron chi connectivity index (χ4n) is 1.99. The number of hydrogen-bond donors (Lipinski definition) is 1. The smallest absolute Gasteiger partial charge is 0.127 e. The van der Waals surface area contributed by atoms with Gasteiger partial charge in [0, 0.05) is 17.6 Å². The molecule has 18 heavy (non-hydrogen) atoms. The highest BCUT2D eigenvalue weighted by Gasteiger charge is 2.16. The van der Waals surface area contributed by atoms with Crippen molar-refractivity contribution < 1.29 is 4.39 Å². The number of benzene rings is 1. The molecule has 0 heterocycles. The largest absolute Gasteiger partial charge is 0.324 e. The van der Waals surface area contributed by atoms with Gasteiger partial charge in [-0.25, -0.2) is 4.39 Å². The molecule has 0 aromatic heterocycles. The molecule has 1 aromatic carbocycles. The molecule has 0 fully saturated rings. The van der Waals surface area contributed by atoms with E-state index in [1.165, 1.54) is 6.07 Å². The van der Waals surface area contributed by atoms with E-state index in [0.717, 1.165) is 13.0 Å². The van der Waals surface area contributed by atoms with E-state index in [1.54, 1.807) is 12.1 Å². The van der Waals surface area contributed by atoms with Crippen molar-refractivity contribution in [3.8, 4) is 0 Å². The van der Waals surface area contributed by atoms with Crippen molar-refractivity contribution in [1.82, 2.24) is 4.90 Å². The third-order valence-electron chi connectivity index (χ3n) is 3.76. The van der Waals surface area contributed by atoms with Crippen LogP contribution in [-0.4, -0.2) is 24.5 Å². The van der Waals surface area contributed by atoms with Crippen LogP contribution in [0.25, 0.3) is 0 Å². The summed E-state index contributed by atoms with van der Waals surface area (Å²) in [5.74, 6) is 0.407. The van der Waals surface area contributed by atoms with Gasteiger partial charge in [0.1, 0.15) is 5.82 Å². The van der Waals surface area contributed by atoms with Gasteiger partial charge in [0.25, 0.3) is 0 Å². The van der Waals surface area contributed by atoms with Crippen molar-refractivity contribution in [2.45, 2.75) is 39.3 Å². The molecule has 2 atom stereocenters. The summed E-state index contributed by atoms with van der Waals surface area (Å²) in [6.07, 6.45) is 0.772. The van der Waals surface area contributed by atoms with Gasteiger partial charge in [-0.2, -0.15) is 0 Å². The van der Waals surface area contributed by atoms with Gasteiger partial charge in [-0.05, 0) is 38.9 Å². The van der Waals surface area contributed by atoms with Crippen molar-refractivity contribution >= 4 is 0 Å². The predicted molar refractivity (Wildman–Crippen MR) is 74.9 cm³/mol. The van der Waals surface area contributed by atoms with Gasteiger partial charge in [-0.15, -0.1) is 0 Å². The Morgan fingerprint density at radius 1 is 1.22 bits per heavy atom. The minimum absolute atomic E-state index is 0.204. The Kier molecular flexibility index (Phi) is 5.76. The second-order valence-electron chi connectivity index (χ2n) is 5.38. The van der Waals surface area contributed by atoms with E-state index < -0.39 is 0 Å². The molecule has 0 aliphatic heterocycles. The van der Waals surface area contributed by atoms with Crippen LogP contribution in [0.5, 0.6) is 0 Å². The van der Waals surface area contributed by atoms with E-state index in [1.807, 2.05) is 6.07 Å². The Morgan fingerprint density at radius 3 is 2.39 bits per heavy atom. The summed E-state index contributed by atoms with van der Waals surface area (Å²) in [7, 11) is 2.10. The Morgan fingerprint density at radius 2 is 1.83 bits per heavy atom. The van der Waals surface area contributed by atoms with Crippen LogP contribution in [0.15, 0.2) is 24.3 Å². The highest BCUT2D eigenvalue weighted by molar-refractivity contribution is 5.20. The van der Waals surface area contributed by atoms with Gasteiger partial charge in [-0.3, -0.25) is 0 Å². The first-order chi connectivity index (χ1) is 8.43. The van der Waals surface area contributed by atoms with E-state index in [0.29, 0.717) is 17.5 Å². The first-order valence-electron chi connectivity index (χ1n) is 6.63. The molecule has 3 heteroatoms. The summed E-state index contributed by atoms with van der Waals surface area (Å²) in [4.78, 5) is 2.28. The number of hydrogen-bond acceptors (Lipinski definition) is 2. The third kappa shape index (κ3) is 4.07. The average molecular weight is 252 g/mol. The number of nitrogens with two attached hydrogens (primary N) is 1. The van der Waals surface area contributed by atoms with Crippen LogP contribution in [0, 0.1) is 11.7 Å². The minimum atomic E-state index is -0.229. The molecule has 0 saturated heterocycles. The van der Waals surface area contributed by atoms with Crippen molar-refractivity contribution in [2.75, 3.05) is 13.6 Å². The zero-order valence-electron chi connectivity index (χ0n) is 11.9. The van der Waals surface area contributed by atoms with Crippen molar-refractivity contribution in [3.05, 3.63) is 35.6 Å². The summed E-state index contributed by atoms with van der Waals surface area (Å²) >= 11 is 0. The lowest BCUT2D eigenvalue weighted by molar-refractivity contribution is 0.201. The zero-order valence-corrected chi connectivity index (χ0v) is 11.9. The van der Waals surface area contributed by atoms with Crippen LogP contribution in [0.2, 0.25) is 0 Å². The van der Waals surface area contributed by atoms with Gasteiger partial charge < -0.3 is 10.6 Å². The molecular weight excluding hydrogens is 227 g/mol. The molecule has 1 aromatic rings. The van der Waals surface area contributed by atoms with Crippen LogP contribution >= 0.6 is 0 Å². The van der Waals surface area contributed by atoms with Gasteiger partial charge in [0.05, 0.1) is 0 Å². The zero-order chi connectivity index (χ0) is 13.7.